The van der Waals surface area contributed by atoms with E-state index in [1.807, 2.05) is 0 Å². The van der Waals surface area contributed by atoms with E-state index in [4.69, 9.17) is 0 Å². The van der Waals surface area contributed by atoms with Crippen molar-refractivity contribution >= 4 is 28.3 Å². The van der Waals surface area contributed by atoms with Gasteiger partial charge < -0.3 is 0 Å². The predicted molar refractivity (Wildman–Crippen MR) is 60.3 cm³/mol. The number of rotatable bonds is 4. The molecule has 1 rings (SSSR count). The van der Waals surface area contributed by atoms with Gasteiger partial charge in [-0.25, -0.2) is 0 Å². The normalized spacial score (nSPS) is 10.1. The van der Waals surface area contributed by atoms with Crippen LogP contribution in [0.5, 0.6) is 0 Å². The van der Waals surface area contributed by atoms with Gasteiger partial charge in [0.1, 0.15) is 0 Å². The van der Waals surface area contributed by atoms with E-state index in [1.54, 1.807) is 6.07 Å². The molecule has 0 amide bonds. The van der Waals surface area contributed by atoms with E-state index in [9.17, 15) is 14.5 Å². The van der Waals surface area contributed by atoms with Gasteiger partial charge in [-0.05, 0) is 28.9 Å². The number of nitro groups is 1. The maximum Gasteiger partial charge on any atom is 0.305 e. The van der Waals surface area contributed by atoms with Gasteiger partial charge in [0.2, 0.25) is 5.82 Å². The summed E-state index contributed by atoms with van der Waals surface area (Å²) >= 11 is 2.24. The zero-order valence-electron chi connectivity index (χ0n) is 7.37. The van der Waals surface area contributed by atoms with Crippen LogP contribution in [0.4, 0.5) is 10.1 Å². The molecule has 0 unspecified atom stereocenters. The smallest absolute Gasteiger partial charge is 0.258 e. The van der Waals surface area contributed by atoms with Gasteiger partial charge in [-0.15, -0.1) is 0 Å². The highest BCUT2D eigenvalue weighted by Gasteiger charge is 2.13. The molecular formula is C9H9FINO2. The molecule has 1 aromatic rings. The highest BCUT2D eigenvalue weighted by atomic mass is 127. The summed E-state index contributed by atoms with van der Waals surface area (Å²) in [6, 6.07) is 4.05. The number of hydrogen-bond acceptors (Lipinski definition) is 2. The molecule has 0 N–H and O–H groups in total. The fourth-order valence-electron chi connectivity index (χ4n) is 1.12. The molecule has 0 radical (unpaired) electrons. The van der Waals surface area contributed by atoms with Gasteiger partial charge in [0.25, 0.3) is 0 Å². The number of hydrogen-bond donors (Lipinski definition) is 0. The van der Waals surface area contributed by atoms with Crippen LogP contribution in [-0.4, -0.2) is 9.35 Å². The van der Waals surface area contributed by atoms with Crippen LogP contribution in [0.1, 0.15) is 12.0 Å². The molecule has 0 aliphatic carbocycles. The SMILES string of the molecule is O=[N+]([O-])c1cc(CCCI)ccc1F. The maximum atomic E-state index is 12.9. The van der Waals surface area contributed by atoms with E-state index in [0.717, 1.165) is 28.9 Å². The Morgan fingerprint density at radius 2 is 2.21 bits per heavy atom. The lowest BCUT2D eigenvalue weighted by Gasteiger charge is -1.99. The molecule has 0 aromatic heterocycles. The quantitative estimate of drug-likeness (QED) is 0.371. The summed E-state index contributed by atoms with van der Waals surface area (Å²) in [6.07, 6.45) is 1.70. The van der Waals surface area contributed by atoms with Crippen molar-refractivity contribution < 1.29 is 9.31 Å². The van der Waals surface area contributed by atoms with Gasteiger partial charge >= 0.3 is 5.69 Å². The molecule has 14 heavy (non-hydrogen) atoms. The highest BCUT2D eigenvalue weighted by Crippen LogP contribution is 2.19. The molecule has 1 aromatic carbocycles. The van der Waals surface area contributed by atoms with Gasteiger partial charge in [0.05, 0.1) is 4.92 Å². The molecule has 0 spiro atoms. The Hall–Kier alpha value is -0.720. The molecule has 0 aliphatic rings. The number of nitro benzene ring substituents is 1. The second-order valence-electron chi connectivity index (χ2n) is 2.84. The minimum Gasteiger partial charge on any atom is -0.258 e. The molecule has 3 nitrogen and oxygen atoms in total. The van der Waals surface area contributed by atoms with Crippen molar-refractivity contribution in [1.82, 2.24) is 0 Å². The van der Waals surface area contributed by atoms with Crippen LogP contribution in [0.15, 0.2) is 18.2 Å². The zero-order chi connectivity index (χ0) is 10.6. The van der Waals surface area contributed by atoms with Gasteiger partial charge in [0, 0.05) is 6.07 Å². The van der Waals surface area contributed by atoms with Crippen molar-refractivity contribution in [1.29, 1.82) is 0 Å². The molecule has 5 heteroatoms. The van der Waals surface area contributed by atoms with E-state index in [1.165, 1.54) is 6.07 Å². The van der Waals surface area contributed by atoms with E-state index >= 15 is 0 Å². The van der Waals surface area contributed by atoms with Gasteiger partial charge in [-0.3, -0.25) is 10.1 Å². The van der Waals surface area contributed by atoms with Crippen molar-refractivity contribution in [3.05, 3.63) is 39.7 Å². The number of nitrogens with zero attached hydrogens (tertiary/aromatic N) is 1. The molecule has 0 heterocycles. The summed E-state index contributed by atoms with van der Waals surface area (Å²) in [5.74, 6) is -0.770. The first-order valence-electron chi connectivity index (χ1n) is 4.14. The average molecular weight is 309 g/mol. The first-order valence-corrected chi connectivity index (χ1v) is 5.66. The molecule has 0 saturated carbocycles. The fraction of sp³-hybridized carbons (Fsp3) is 0.333. The van der Waals surface area contributed by atoms with Crippen molar-refractivity contribution in [3.63, 3.8) is 0 Å². The second-order valence-corrected chi connectivity index (χ2v) is 3.91. The Morgan fingerprint density at radius 1 is 1.50 bits per heavy atom. The molecule has 0 aliphatic heterocycles. The Bertz CT molecular complexity index is 344. The largest absolute Gasteiger partial charge is 0.305 e. The summed E-state index contributed by atoms with van der Waals surface area (Å²) in [6.45, 7) is 0. The highest BCUT2D eigenvalue weighted by molar-refractivity contribution is 14.1. The topological polar surface area (TPSA) is 43.1 Å². The van der Waals surface area contributed by atoms with E-state index in [-0.39, 0.29) is 0 Å². The lowest BCUT2D eigenvalue weighted by molar-refractivity contribution is -0.387. The van der Waals surface area contributed by atoms with E-state index < -0.39 is 16.4 Å². The molecule has 76 valence electrons. The lowest BCUT2D eigenvalue weighted by Crippen LogP contribution is -1.95. The van der Waals surface area contributed by atoms with Crippen molar-refractivity contribution in [2.75, 3.05) is 4.43 Å². The first-order chi connectivity index (χ1) is 6.65. The zero-order valence-corrected chi connectivity index (χ0v) is 9.53. The predicted octanol–water partition coefficient (Wildman–Crippen LogP) is 3.10. The van der Waals surface area contributed by atoms with Crippen LogP contribution < -0.4 is 0 Å². The number of alkyl halides is 1. The number of halogens is 2. The number of benzene rings is 1. The molecule has 0 atom stereocenters. The number of aryl methyl sites for hydroxylation is 1. The Morgan fingerprint density at radius 3 is 2.79 bits per heavy atom. The monoisotopic (exact) mass is 309 g/mol. The first kappa shape index (κ1) is 11.4. The summed E-state index contributed by atoms with van der Waals surface area (Å²) < 4.78 is 13.9. The van der Waals surface area contributed by atoms with Crippen molar-refractivity contribution in [2.24, 2.45) is 0 Å². The van der Waals surface area contributed by atoms with Crippen LogP contribution in [0.3, 0.4) is 0 Å². The molecular weight excluding hydrogens is 300 g/mol. The van der Waals surface area contributed by atoms with Crippen LogP contribution in [0.2, 0.25) is 0 Å². The van der Waals surface area contributed by atoms with Crippen LogP contribution >= 0.6 is 22.6 Å². The van der Waals surface area contributed by atoms with E-state index in [0.29, 0.717) is 0 Å². The maximum absolute atomic E-state index is 12.9. The van der Waals surface area contributed by atoms with Gasteiger partial charge in [-0.1, -0.05) is 28.7 Å². The molecule has 0 bridgehead atoms. The molecule has 0 fully saturated rings. The fourth-order valence-corrected chi connectivity index (χ4v) is 1.51. The Balaban J connectivity index is 2.89. The third kappa shape index (κ3) is 2.90. The summed E-state index contributed by atoms with van der Waals surface area (Å²) in [5.41, 5.74) is 0.380. The lowest BCUT2D eigenvalue weighted by atomic mass is 10.1. The molecule has 0 saturated heterocycles. The third-order valence-electron chi connectivity index (χ3n) is 1.81. The van der Waals surface area contributed by atoms with Crippen LogP contribution in [0.25, 0.3) is 0 Å². The second kappa shape index (κ2) is 5.23. The van der Waals surface area contributed by atoms with Gasteiger partial charge in [0.15, 0.2) is 0 Å². The average Bonchev–Trinajstić information content (AvgIpc) is 2.16. The summed E-state index contributed by atoms with van der Waals surface area (Å²) in [5, 5.41) is 10.4. The minimum absolute atomic E-state index is 0.434. The van der Waals surface area contributed by atoms with Crippen LogP contribution in [-0.2, 0) is 6.42 Å². The third-order valence-corrected chi connectivity index (χ3v) is 2.57. The van der Waals surface area contributed by atoms with Crippen molar-refractivity contribution in [2.45, 2.75) is 12.8 Å². The standard InChI is InChI=1S/C9H9FINO2/c10-8-4-3-7(2-1-5-11)6-9(8)12(13)14/h3-4,6H,1-2,5H2. The minimum atomic E-state index is -0.770. The van der Waals surface area contributed by atoms with Gasteiger partial charge in [-0.2, -0.15) is 4.39 Å². The van der Waals surface area contributed by atoms with Crippen LogP contribution in [0, 0.1) is 15.9 Å². The van der Waals surface area contributed by atoms with Crippen molar-refractivity contribution in [3.8, 4) is 0 Å². The summed E-state index contributed by atoms with van der Waals surface area (Å²) in [4.78, 5) is 9.72. The van der Waals surface area contributed by atoms with E-state index in [2.05, 4.69) is 22.6 Å². The summed E-state index contributed by atoms with van der Waals surface area (Å²) in [7, 11) is 0. The Kier molecular flexibility index (Phi) is 4.24. The Labute approximate surface area is 94.6 Å².